The molecular weight excluding hydrogens is 384 g/mol. The van der Waals surface area contributed by atoms with E-state index in [0.29, 0.717) is 22.1 Å². The van der Waals surface area contributed by atoms with Crippen LogP contribution in [0.2, 0.25) is 0 Å². The SMILES string of the molecule is c1ccc([Si-2]23(c4ccccc4)(Oc4cccc[n+]4O2)Oc2cccc[n+]2O3)cc1. The van der Waals surface area contributed by atoms with Gasteiger partial charge >= 0.3 is 167 Å². The fourth-order valence-corrected chi connectivity index (χ4v) is 10.0. The van der Waals surface area contributed by atoms with Gasteiger partial charge in [0.25, 0.3) is 0 Å². The van der Waals surface area contributed by atoms with Crippen LogP contribution < -0.4 is 37.7 Å². The topological polar surface area (TPSA) is 44.7 Å². The van der Waals surface area contributed by atoms with Gasteiger partial charge in [-0.05, 0) is 0 Å². The fraction of sp³-hybridized carbons (Fsp3) is 0. The van der Waals surface area contributed by atoms with Gasteiger partial charge in [0.15, 0.2) is 0 Å². The van der Waals surface area contributed by atoms with Gasteiger partial charge in [0.05, 0.1) is 0 Å². The third-order valence-corrected chi connectivity index (χ3v) is 11.3. The Morgan fingerprint density at radius 1 is 0.483 bits per heavy atom. The van der Waals surface area contributed by atoms with Crippen molar-refractivity contribution in [2.24, 2.45) is 0 Å². The van der Waals surface area contributed by atoms with Crippen molar-refractivity contribution in [3.63, 3.8) is 0 Å². The first kappa shape index (κ1) is 16.1. The Hall–Kier alpha value is -3.84. The third kappa shape index (κ3) is 1.76. The van der Waals surface area contributed by atoms with Gasteiger partial charge in [0.2, 0.25) is 0 Å². The van der Waals surface area contributed by atoms with Crippen LogP contribution >= 0.6 is 0 Å². The van der Waals surface area contributed by atoms with Crippen molar-refractivity contribution in [2.75, 3.05) is 0 Å². The molecule has 4 heterocycles. The predicted molar refractivity (Wildman–Crippen MR) is 106 cm³/mol. The summed E-state index contributed by atoms with van der Waals surface area (Å²) in [4.78, 5) is 0. The Bertz CT molecular complexity index is 1100. The van der Waals surface area contributed by atoms with Crippen molar-refractivity contribution in [3.8, 4) is 11.8 Å². The van der Waals surface area contributed by atoms with E-state index in [4.69, 9.17) is 17.9 Å². The van der Waals surface area contributed by atoms with Crippen molar-refractivity contribution in [2.45, 2.75) is 0 Å². The van der Waals surface area contributed by atoms with E-state index < -0.39 is 7.60 Å². The predicted octanol–water partition coefficient (Wildman–Crippen LogP) is 0.762. The zero-order valence-corrected chi connectivity index (χ0v) is 16.4. The summed E-state index contributed by atoms with van der Waals surface area (Å²) >= 11 is 0. The molecule has 144 valence electrons. The van der Waals surface area contributed by atoms with Gasteiger partial charge in [0, 0.05) is 0 Å². The Morgan fingerprint density at radius 2 is 0.897 bits per heavy atom. The molecule has 0 saturated carbocycles. The van der Waals surface area contributed by atoms with Crippen LogP contribution in [0, 0.1) is 0 Å². The molecule has 0 N–H and O–H groups in total. The first-order valence-corrected chi connectivity index (χ1v) is 12.1. The van der Waals surface area contributed by atoms with Crippen LogP contribution in [0.4, 0.5) is 0 Å². The molecule has 6 rings (SSSR count). The van der Waals surface area contributed by atoms with E-state index in [1.54, 1.807) is 21.9 Å². The summed E-state index contributed by atoms with van der Waals surface area (Å²) in [6, 6.07) is 30.5. The second kappa shape index (κ2) is 4.95. The molecule has 0 bridgehead atoms. The molecule has 0 atom stereocenters. The molecule has 2 aliphatic heterocycles. The molecule has 0 unspecified atom stereocenters. The van der Waals surface area contributed by atoms with Crippen LogP contribution in [0.15, 0.2) is 109 Å². The molecule has 6 nitrogen and oxygen atoms in total. The molecule has 29 heavy (non-hydrogen) atoms. The normalized spacial score (nSPS) is 20.8. The molecule has 1 spiro atoms. The Morgan fingerprint density at radius 3 is 1.31 bits per heavy atom. The number of hydrogen-bond acceptors (Lipinski definition) is 4. The van der Waals surface area contributed by atoms with Crippen molar-refractivity contribution in [1.29, 1.82) is 0 Å². The zero-order valence-electron chi connectivity index (χ0n) is 15.4. The number of hydrogen-bond donors (Lipinski definition) is 0. The van der Waals surface area contributed by atoms with Gasteiger partial charge in [-0.2, -0.15) is 0 Å². The molecule has 2 aliphatic rings. The fourth-order valence-electron chi connectivity index (χ4n) is 4.35. The summed E-state index contributed by atoms with van der Waals surface area (Å²) in [6.07, 6.45) is 3.58. The monoisotopic (exact) mass is 402 g/mol. The van der Waals surface area contributed by atoms with Gasteiger partial charge in [-0.1, -0.05) is 0 Å². The van der Waals surface area contributed by atoms with E-state index in [-0.39, 0.29) is 0 Å². The van der Waals surface area contributed by atoms with Crippen molar-refractivity contribution in [1.82, 2.24) is 0 Å². The maximum atomic E-state index is 6.82. The van der Waals surface area contributed by atoms with E-state index in [2.05, 4.69) is 0 Å². The molecular formula is C22H18N2O4Si. The molecule has 0 saturated heterocycles. The number of fused-ring (bicyclic) bond motifs is 2. The quantitative estimate of drug-likeness (QED) is 0.367. The number of pyridine rings is 2. The summed E-state index contributed by atoms with van der Waals surface area (Å²) in [5.41, 5.74) is 0. The first-order chi connectivity index (χ1) is 14.2. The minimum absolute atomic E-state index is 0.498. The summed E-state index contributed by atoms with van der Waals surface area (Å²) in [5.74, 6) is 0.996. The van der Waals surface area contributed by atoms with Gasteiger partial charge in [0.1, 0.15) is 0 Å². The third-order valence-electron chi connectivity index (χ3n) is 5.62. The minimum atomic E-state index is -5.61. The van der Waals surface area contributed by atoms with E-state index >= 15 is 0 Å². The van der Waals surface area contributed by atoms with Crippen LogP contribution in [-0.2, 0) is 0 Å². The molecule has 0 amide bonds. The second-order valence-electron chi connectivity index (χ2n) is 7.29. The number of benzene rings is 2. The van der Waals surface area contributed by atoms with Crippen LogP contribution in [0.1, 0.15) is 0 Å². The molecule has 0 fully saturated rings. The first-order valence-electron chi connectivity index (χ1n) is 9.45. The van der Waals surface area contributed by atoms with Crippen LogP contribution in [0.25, 0.3) is 0 Å². The molecule has 0 aliphatic carbocycles. The van der Waals surface area contributed by atoms with E-state index in [9.17, 15) is 0 Å². The summed E-state index contributed by atoms with van der Waals surface area (Å²) in [7, 11) is -5.61. The van der Waals surface area contributed by atoms with E-state index in [0.717, 1.165) is 0 Å². The van der Waals surface area contributed by atoms with Gasteiger partial charge in [-0.3, -0.25) is 0 Å². The van der Waals surface area contributed by atoms with Crippen LogP contribution in [0.3, 0.4) is 0 Å². The Kier molecular flexibility index (Phi) is 2.76. The van der Waals surface area contributed by atoms with E-state index in [1.165, 1.54) is 0 Å². The standard InChI is InChI=1S/C22H18N2O4Si/c1-3-11-19(12-4-1)29(20-13-5-2-6-14-20,25-21-15-7-9-17-23(21)27-29)26-22-16-8-10-18-24(22)28-29/h1-18H. The molecule has 2 aromatic carbocycles. The average Bonchev–Trinajstić information content (AvgIpc) is 3.28. The van der Waals surface area contributed by atoms with E-state index in [1.807, 2.05) is 97.1 Å². The van der Waals surface area contributed by atoms with Crippen LogP contribution in [-0.4, -0.2) is 7.60 Å². The number of nitrogens with zero attached hydrogens (tertiary/aromatic N) is 2. The van der Waals surface area contributed by atoms with Crippen LogP contribution in [0.5, 0.6) is 11.8 Å². The average molecular weight is 402 g/mol. The summed E-state index contributed by atoms with van der Waals surface area (Å²) < 4.78 is 30.3. The molecule has 0 radical (unpaired) electrons. The molecule has 2 aromatic heterocycles. The zero-order chi connectivity index (χ0) is 19.4. The van der Waals surface area contributed by atoms with Gasteiger partial charge in [-0.25, -0.2) is 0 Å². The summed E-state index contributed by atoms with van der Waals surface area (Å²) in [6.45, 7) is 0. The maximum absolute atomic E-state index is 6.82. The van der Waals surface area contributed by atoms with Crippen molar-refractivity contribution < 1.29 is 27.4 Å². The van der Waals surface area contributed by atoms with Gasteiger partial charge < -0.3 is 0 Å². The van der Waals surface area contributed by atoms with Crippen molar-refractivity contribution >= 4 is 18.0 Å². The van der Waals surface area contributed by atoms with Crippen molar-refractivity contribution in [3.05, 3.63) is 109 Å². The van der Waals surface area contributed by atoms with Gasteiger partial charge in [-0.15, -0.1) is 0 Å². The summed E-state index contributed by atoms with van der Waals surface area (Å²) in [5, 5.41) is 1.36. The molecule has 4 aromatic rings. The number of rotatable bonds is 2. The number of aromatic nitrogens is 2. The molecule has 7 heteroatoms. The Labute approximate surface area is 166 Å². The Balaban J connectivity index is 1.80. The second-order valence-corrected chi connectivity index (χ2v) is 12.1.